The second kappa shape index (κ2) is 8.11. The maximum Gasteiger partial charge on any atom is 0.239 e. The lowest BCUT2D eigenvalue weighted by Gasteiger charge is -2.27. The third-order valence-electron chi connectivity index (χ3n) is 5.85. The number of sulfonamides is 1. The number of primary sulfonamides is 1. The van der Waals surface area contributed by atoms with Gasteiger partial charge in [-0.2, -0.15) is 0 Å². The average Bonchev–Trinajstić information content (AvgIpc) is 3.24. The summed E-state index contributed by atoms with van der Waals surface area (Å²) in [5, 5.41) is 19.6. The van der Waals surface area contributed by atoms with Crippen molar-refractivity contribution in [1.82, 2.24) is 25.6 Å². The van der Waals surface area contributed by atoms with Crippen molar-refractivity contribution in [3.05, 3.63) is 36.0 Å². The van der Waals surface area contributed by atoms with Crippen LogP contribution in [0, 0.1) is 11.8 Å². The third kappa shape index (κ3) is 4.19. The minimum atomic E-state index is -4.05. The number of hydrogen-bond donors (Lipinski definition) is 3. The van der Waals surface area contributed by atoms with E-state index in [9.17, 15) is 8.42 Å². The first-order chi connectivity index (χ1) is 14.3. The number of rotatable bonds is 5. The molecule has 0 spiro atoms. The number of benzene rings is 1. The van der Waals surface area contributed by atoms with E-state index < -0.39 is 10.0 Å². The van der Waals surface area contributed by atoms with Crippen molar-refractivity contribution >= 4 is 15.8 Å². The Morgan fingerprint density at radius 3 is 2.50 bits per heavy atom. The SMILES string of the molecule is C[C@H]1CC[C@@H](Cc2ccc(-c3ccc(N)nc3)c(-c3nnn[nH]3)c2S(N)(=O)=O)CC1. The highest BCUT2D eigenvalue weighted by Crippen LogP contribution is 2.39. The van der Waals surface area contributed by atoms with Crippen LogP contribution in [0.2, 0.25) is 0 Å². The smallest absolute Gasteiger partial charge is 0.239 e. The average molecular weight is 428 g/mol. The molecule has 0 radical (unpaired) electrons. The van der Waals surface area contributed by atoms with Crippen LogP contribution in [0.4, 0.5) is 5.82 Å². The molecular formula is C20H25N7O2S. The lowest BCUT2D eigenvalue weighted by molar-refractivity contribution is 0.288. The summed E-state index contributed by atoms with van der Waals surface area (Å²) in [6, 6.07) is 7.16. The Labute approximate surface area is 175 Å². The molecule has 0 aliphatic heterocycles. The van der Waals surface area contributed by atoms with Gasteiger partial charge in [0, 0.05) is 17.3 Å². The lowest BCUT2D eigenvalue weighted by Crippen LogP contribution is -2.20. The van der Waals surface area contributed by atoms with Crippen LogP contribution in [-0.4, -0.2) is 34.0 Å². The molecule has 1 fully saturated rings. The van der Waals surface area contributed by atoms with Gasteiger partial charge in [0.1, 0.15) is 5.82 Å². The van der Waals surface area contributed by atoms with Crippen LogP contribution in [-0.2, 0) is 16.4 Å². The summed E-state index contributed by atoms with van der Waals surface area (Å²) in [7, 11) is -4.05. The van der Waals surface area contributed by atoms with Crippen molar-refractivity contribution in [2.45, 2.75) is 43.9 Å². The van der Waals surface area contributed by atoms with Gasteiger partial charge in [0.05, 0.1) is 4.90 Å². The van der Waals surface area contributed by atoms with Crippen LogP contribution in [0.25, 0.3) is 22.5 Å². The van der Waals surface area contributed by atoms with Crippen LogP contribution in [0.3, 0.4) is 0 Å². The molecule has 0 unspecified atom stereocenters. The maximum atomic E-state index is 12.8. The molecule has 0 amide bonds. The molecule has 1 aliphatic rings. The first kappa shape index (κ1) is 20.4. The molecule has 10 heteroatoms. The molecule has 1 aliphatic carbocycles. The van der Waals surface area contributed by atoms with Gasteiger partial charge in [-0.1, -0.05) is 31.9 Å². The van der Waals surface area contributed by atoms with Gasteiger partial charge in [-0.25, -0.2) is 23.6 Å². The van der Waals surface area contributed by atoms with Gasteiger partial charge < -0.3 is 5.73 Å². The summed E-state index contributed by atoms with van der Waals surface area (Å²) in [4.78, 5) is 4.19. The van der Waals surface area contributed by atoms with E-state index in [0.717, 1.165) is 31.6 Å². The minimum Gasteiger partial charge on any atom is -0.384 e. The fraction of sp³-hybridized carbons (Fsp3) is 0.400. The molecule has 9 nitrogen and oxygen atoms in total. The minimum absolute atomic E-state index is 0.0639. The number of anilines is 1. The van der Waals surface area contributed by atoms with Gasteiger partial charge in [0.15, 0.2) is 5.82 Å². The Morgan fingerprint density at radius 2 is 1.90 bits per heavy atom. The van der Waals surface area contributed by atoms with Gasteiger partial charge in [0.2, 0.25) is 10.0 Å². The van der Waals surface area contributed by atoms with E-state index in [-0.39, 0.29) is 10.7 Å². The van der Waals surface area contributed by atoms with E-state index in [0.29, 0.717) is 40.4 Å². The predicted octanol–water partition coefficient (Wildman–Crippen LogP) is 2.53. The topological polar surface area (TPSA) is 154 Å². The summed E-state index contributed by atoms with van der Waals surface area (Å²) in [5.74, 6) is 1.75. The molecule has 2 heterocycles. The first-order valence-corrected chi connectivity index (χ1v) is 11.5. The van der Waals surface area contributed by atoms with Crippen molar-refractivity contribution < 1.29 is 8.42 Å². The van der Waals surface area contributed by atoms with Crippen LogP contribution in [0.1, 0.15) is 38.2 Å². The van der Waals surface area contributed by atoms with E-state index >= 15 is 0 Å². The number of H-pyrrole nitrogens is 1. The fourth-order valence-electron chi connectivity index (χ4n) is 4.26. The third-order valence-corrected chi connectivity index (χ3v) is 6.88. The molecule has 5 N–H and O–H groups in total. The molecule has 2 aromatic heterocycles. The van der Waals surface area contributed by atoms with Crippen molar-refractivity contribution in [3.63, 3.8) is 0 Å². The van der Waals surface area contributed by atoms with E-state index in [1.54, 1.807) is 18.3 Å². The second-order valence-corrected chi connectivity index (χ2v) is 9.57. The van der Waals surface area contributed by atoms with E-state index in [2.05, 4.69) is 32.5 Å². The Morgan fingerprint density at radius 1 is 1.13 bits per heavy atom. The Balaban J connectivity index is 1.88. The summed E-state index contributed by atoms with van der Waals surface area (Å²) < 4.78 is 25.5. The van der Waals surface area contributed by atoms with E-state index in [1.165, 1.54) is 0 Å². The number of pyridine rings is 1. The molecule has 0 bridgehead atoms. The van der Waals surface area contributed by atoms with Gasteiger partial charge in [-0.05, 0) is 64.8 Å². The zero-order valence-electron chi connectivity index (χ0n) is 16.7. The molecule has 1 saturated carbocycles. The number of tetrazole rings is 1. The van der Waals surface area contributed by atoms with Crippen molar-refractivity contribution in [3.8, 4) is 22.5 Å². The van der Waals surface area contributed by atoms with Crippen LogP contribution < -0.4 is 10.9 Å². The standard InChI is InChI=1S/C20H25N7O2S/c1-12-2-4-13(5-3-12)10-14-6-8-16(15-7-9-17(21)23-11-15)18(19(14)30(22,28)29)20-24-26-27-25-20/h6-9,11-13H,2-5,10H2,1H3,(H2,21,23)(H2,22,28,29)(H,24,25,26,27)/t12-,13+. The molecule has 1 aromatic carbocycles. The molecule has 0 atom stereocenters. The zero-order chi connectivity index (χ0) is 21.3. The summed E-state index contributed by atoms with van der Waals surface area (Å²) >= 11 is 0. The van der Waals surface area contributed by atoms with Gasteiger partial charge >= 0.3 is 0 Å². The first-order valence-electron chi connectivity index (χ1n) is 9.97. The summed E-state index contributed by atoms with van der Waals surface area (Å²) in [5.41, 5.74) is 8.07. The monoisotopic (exact) mass is 427 g/mol. The largest absolute Gasteiger partial charge is 0.384 e. The van der Waals surface area contributed by atoms with Crippen molar-refractivity contribution in [2.24, 2.45) is 17.0 Å². The molecule has 4 rings (SSSR count). The number of nitrogen functional groups attached to an aromatic ring is 1. The van der Waals surface area contributed by atoms with Gasteiger partial charge in [0.25, 0.3) is 0 Å². The predicted molar refractivity (Wildman–Crippen MR) is 113 cm³/mol. The molecule has 3 aromatic rings. The number of nitrogens with two attached hydrogens (primary N) is 2. The second-order valence-electron chi connectivity index (χ2n) is 8.07. The van der Waals surface area contributed by atoms with E-state index in [1.807, 2.05) is 12.1 Å². The highest BCUT2D eigenvalue weighted by molar-refractivity contribution is 7.89. The van der Waals surface area contributed by atoms with Crippen LogP contribution in [0.15, 0.2) is 35.4 Å². The fourth-order valence-corrected chi connectivity index (χ4v) is 5.27. The highest BCUT2D eigenvalue weighted by atomic mass is 32.2. The number of aromatic amines is 1. The molecule has 30 heavy (non-hydrogen) atoms. The highest BCUT2D eigenvalue weighted by Gasteiger charge is 2.28. The van der Waals surface area contributed by atoms with Gasteiger partial charge in [-0.15, -0.1) is 5.10 Å². The maximum absolute atomic E-state index is 12.8. The normalized spacial score (nSPS) is 19.7. The number of nitrogens with one attached hydrogen (secondary N) is 1. The van der Waals surface area contributed by atoms with E-state index in [4.69, 9.17) is 10.9 Å². The Kier molecular flexibility index (Phi) is 5.52. The van der Waals surface area contributed by atoms with Crippen molar-refractivity contribution in [1.29, 1.82) is 0 Å². The van der Waals surface area contributed by atoms with Gasteiger partial charge in [-0.3, -0.25) is 0 Å². The van der Waals surface area contributed by atoms with Crippen molar-refractivity contribution in [2.75, 3.05) is 5.73 Å². The lowest BCUT2D eigenvalue weighted by atomic mass is 9.79. The van der Waals surface area contributed by atoms with Crippen LogP contribution in [0.5, 0.6) is 0 Å². The molecule has 158 valence electrons. The zero-order valence-corrected chi connectivity index (χ0v) is 17.6. The van der Waals surface area contributed by atoms with Crippen LogP contribution >= 0.6 is 0 Å². The Hall–Kier alpha value is -2.85. The summed E-state index contributed by atoms with van der Waals surface area (Å²) in [6.45, 7) is 2.26. The quantitative estimate of drug-likeness (QED) is 0.565. The number of hydrogen-bond acceptors (Lipinski definition) is 7. The molecule has 0 saturated heterocycles. The summed E-state index contributed by atoms with van der Waals surface area (Å²) in [6.07, 6.45) is 6.70. The molecular weight excluding hydrogens is 402 g/mol. The number of nitrogens with zero attached hydrogens (tertiary/aromatic N) is 4. The Bertz CT molecular complexity index is 1120. The number of aromatic nitrogens is 5.